The maximum absolute atomic E-state index is 14.1. The van der Waals surface area contributed by atoms with Gasteiger partial charge in [0.1, 0.15) is 0 Å². The minimum absolute atomic E-state index is 0.00298. The van der Waals surface area contributed by atoms with Crippen LogP contribution in [0.15, 0.2) is 24.5 Å². The number of alkyl halides is 2. The Labute approximate surface area is 198 Å². The van der Waals surface area contributed by atoms with Crippen LogP contribution in [0.25, 0.3) is 11.1 Å². The monoisotopic (exact) mass is 552 g/mol. The molecule has 168 valence electrons. The number of rotatable bonds is 3. The van der Waals surface area contributed by atoms with Gasteiger partial charge in [0.25, 0.3) is 6.43 Å². The first-order valence-electron chi connectivity index (χ1n) is 10.6. The van der Waals surface area contributed by atoms with Crippen LogP contribution in [0.1, 0.15) is 42.2 Å². The molecule has 0 spiro atoms. The summed E-state index contributed by atoms with van der Waals surface area (Å²) < 4.78 is 31.7. The van der Waals surface area contributed by atoms with E-state index in [1.165, 1.54) is 0 Å². The Morgan fingerprint density at radius 3 is 2.72 bits per heavy atom. The molecule has 0 N–H and O–H groups in total. The van der Waals surface area contributed by atoms with E-state index in [-0.39, 0.29) is 11.5 Å². The number of amides is 1. The molecule has 1 amide bonds. The smallest absolute Gasteiger partial charge is 0.264 e. The number of hydrogen-bond donors (Lipinski definition) is 0. The highest BCUT2D eigenvalue weighted by atomic mass is 127. The number of carbonyl (C=O) groups is 1. The van der Waals surface area contributed by atoms with Gasteiger partial charge >= 0.3 is 0 Å². The minimum atomic E-state index is -2.61. The lowest BCUT2D eigenvalue weighted by atomic mass is 9.92. The molecule has 0 saturated heterocycles. The quantitative estimate of drug-likeness (QED) is 0.452. The van der Waals surface area contributed by atoms with Crippen molar-refractivity contribution in [2.75, 3.05) is 18.0 Å². The number of benzene rings is 1. The fourth-order valence-corrected chi connectivity index (χ4v) is 5.44. The fourth-order valence-electron chi connectivity index (χ4n) is 4.71. The molecule has 0 unspecified atom stereocenters. The third kappa shape index (κ3) is 3.57. The SMILES string of the molecule is CC(=O)N1CCc2c(c(N3CCCc4cc(-c5cnn(C)c5)c(C(F)F)cc43)nn2I)C1. The standard InChI is InChI=1S/C22H23F2IN6O/c1-13(32)29-7-5-19-18(12-29)22(27-31(19)25)30-6-3-4-14-8-16(15-10-26-28(2)11-15)17(21(23)24)9-20(14)30/h8-11,21H,3-7,12H2,1-2H3. The molecule has 0 aliphatic carbocycles. The molecule has 10 heteroatoms. The molecule has 0 radical (unpaired) electrons. The van der Waals surface area contributed by atoms with Crippen molar-refractivity contribution in [1.29, 1.82) is 0 Å². The zero-order valence-electron chi connectivity index (χ0n) is 17.9. The minimum Gasteiger partial charge on any atom is -0.338 e. The third-order valence-electron chi connectivity index (χ3n) is 6.31. The number of aryl methyl sites for hydroxylation is 2. The summed E-state index contributed by atoms with van der Waals surface area (Å²) in [5.74, 6) is 0.790. The van der Waals surface area contributed by atoms with Gasteiger partial charge in [-0.25, -0.2) is 11.7 Å². The number of halogens is 3. The van der Waals surface area contributed by atoms with Crippen LogP contribution >= 0.6 is 22.9 Å². The van der Waals surface area contributed by atoms with Gasteiger partial charge in [0.05, 0.1) is 41.3 Å². The van der Waals surface area contributed by atoms with Gasteiger partial charge in [-0.15, -0.1) is 5.10 Å². The first-order chi connectivity index (χ1) is 15.3. The van der Waals surface area contributed by atoms with E-state index in [2.05, 4.69) is 32.9 Å². The fraction of sp³-hybridized carbons (Fsp3) is 0.409. The zero-order chi connectivity index (χ0) is 22.6. The summed E-state index contributed by atoms with van der Waals surface area (Å²) in [5.41, 5.74) is 5.10. The summed E-state index contributed by atoms with van der Waals surface area (Å²) in [5, 5.41) is 8.91. The highest BCUT2D eigenvalue weighted by Crippen LogP contribution is 2.43. The molecule has 4 heterocycles. The van der Waals surface area contributed by atoms with Crippen molar-refractivity contribution in [3.63, 3.8) is 0 Å². The Bertz CT molecular complexity index is 1200. The molecular weight excluding hydrogens is 529 g/mol. The van der Waals surface area contributed by atoms with Gasteiger partial charge in [0, 0.05) is 62.1 Å². The van der Waals surface area contributed by atoms with Gasteiger partial charge in [-0.2, -0.15) is 5.10 Å². The van der Waals surface area contributed by atoms with Crippen molar-refractivity contribution >= 4 is 40.3 Å². The average Bonchev–Trinajstić information content (AvgIpc) is 3.35. The van der Waals surface area contributed by atoms with E-state index >= 15 is 0 Å². The highest BCUT2D eigenvalue weighted by molar-refractivity contribution is 14.1. The lowest BCUT2D eigenvalue weighted by molar-refractivity contribution is -0.129. The van der Waals surface area contributed by atoms with Crippen LogP contribution in [0.4, 0.5) is 20.3 Å². The summed E-state index contributed by atoms with van der Waals surface area (Å²) in [4.78, 5) is 15.8. The first-order valence-corrected chi connectivity index (χ1v) is 11.5. The van der Waals surface area contributed by atoms with Gasteiger partial charge < -0.3 is 9.80 Å². The van der Waals surface area contributed by atoms with E-state index < -0.39 is 6.43 Å². The molecule has 3 aromatic rings. The van der Waals surface area contributed by atoms with Crippen LogP contribution in [0.2, 0.25) is 0 Å². The average molecular weight is 552 g/mol. The van der Waals surface area contributed by atoms with Crippen LogP contribution in [0.3, 0.4) is 0 Å². The normalized spacial score (nSPS) is 15.8. The number of fused-ring (bicyclic) bond motifs is 2. The molecule has 32 heavy (non-hydrogen) atoms. The largest absolute Gasteiger partial charge is 0.338 e. The number of nitrogens with zero attached hydrogens (tertiary/aromatic N) is 6. The lowest BCUT2D eigenvalue weighted by Crippen LogP contribution is -2.35. The van der Waals surface area contributed by atoms with Crippen LogP contribution in [0.5, 0.6) is 0 Å². The maximum atomic E-state index is 14.1. The highest BCUT2D eigenvalue weighted by Gasteiger charge is 2.32. The van der Waals surface area contributed by atoms with E-state index in [1.807, 2.05) is 13.9 Å². The van der Waals surface area contributed by atoms with Gasteiger partial charge in [-0.1, -0.05) is 0 Å². The lowest BCUT2D eigenvalue weighted by Gasteiger charge is -2.33. The predicted octanol–water partition coefficient (Wildman–Crippen LogP) is 4.41. The van der Waals surface area contributed by atoms with Crippen molar-refractivity contribution in [1.82, 2.24) is 22.7 Å². The van der Waals surface area contributed by atoms with E-state index in [4.69, 9.17) is 5.10 Å². The second kappa shape index (κ2) is 8.13. The Balaban J connectivity index is 1.62. The second-order valence-corrected chi connectivity index (χ2v) is 9.24. The number of aromatic nitrogens is 4. The van der Waals surface area contributed by atoms with Gasteiger partial charge in [-0.3, -0.25) is 9.48 Å². The zero-order valence-corrected chi connectivity index (χ0v) is 20.0. The number of anilines is 2. The molecule has 2 aromatic heterocycles. The number of carbonyl (C=O) groups excluding carboxylic acids is 1. The molecule has 5 rings (SSSR count). The van der Waals surface area contributed by atoms with Gasteiger partial charge in [0.15, 0.2) is 5.82 Å². The molecule has 0 atom stereocenters. The molecule has 0 fully saturated rings. The van der Waals surface area contributed by atoms with E-state index in [9.17, 15) is 13.6 Å². The Hall–Kier alpha value is -2.50. The number of hydrogen-bond acceptors (Lipinski definition) is 4. The van der Waals surface area contributed by atoms with Gasteiger partial charge in [0.2, 0.25) is 5.91 Å². The molecule has 0 bridgehead atoms. The third-order valence-corrected chi connectivity index (χ3v) is 7.11. The van der Waals surface area contributed by atoms with Crippen molar-refractivity contribution in [3.05, 3.63) is 46.9 Å². The van der Waals surface area contributed by atoms with Crippen molar-refractivity contribution < 1.29 is 13.6 Å². The molecular formula is C22H23F2IN6O. The summed E-state index contributed by atoms with van der Waals surface area (Å²) in [7, 11) is 1.78. The predicted molar refractivity (Wildman–Crippen MR) is 125 cm³/mol. The first kappa shape index (κ1) is 21.4. The Morgan fingerprint density at radius 2 is 2.03 bits per heavy atom. The topological polar surface area (TPSA) is 59.2 Å². The van der Waals surface area contributed by atoms with Crippen molar-refractivity contribution in [2.24, 2.45) is 7.05 Å². The van der Waals surface area contributed by atoms with Gasteiger partial charge in [-0.05, 0) is 36.1 Å². The van der Waals surface area contributed by atoms with Crippen LogP contribution < -0.4 is 4.90 Å². The second-order valence-electron chi connectivity index (χ2n) is 8.33. The van der Waals surface area contributed by atoms with E-state index in [0.29, 0.717) is 30.8 Å². The van der Waals surface area contributed by atoms with Crippen molar-refractivity contribution in [2.45, 2.75) is 39.2 Å². The Morgan fingerprint density at radius 1 is 1.22 bits per heavy atom. The molecule has 0 saturated carbocycles. The van der Waals surface area contributed by atoms with Crippen LogP contribution in [0, 0.1) is 0 Å². The maximum Gasteiger partial charge on any atom is 0.264 e. The van der Waals surface area contributed by atoms with E-state index in [1.54, 1.807) is 37.1 Å². The summed E-state index contributed by atoms with van der Waals surface area (Å²) in [6.45, 7) is 3.42. The molecule has 2 aliphatic heterocycles. The van der Waals surface area contributed by atoms with Crippen LogP contribution in [-0.4, -0.2) is 41.7 Å². The van der Waals surface area contributed by atoms with E-state index in [0.717, 1.165) is 47.6 Å². The molecule has 1 aromatic carbocycles. The summed E-state index contributed by atoms with van der Waals surface area (Å²) >= 11 is 2.16. The van der Waals surface area contributed by atoms with Crippen LogP contribution in [-0.2, 0) is 31.2 Å². The Kier molecular flexibility index (Phi) is 5.42. The summed E-state index contributed by atoms with van der Waals surface area (Å²) in [6, 6.07) is 3.50. The molecule has 7 nitrogen and oxygen atoms in total. The molecule has 2 aliphatic rings. The summed E-state index contributed by atoms with van der Waals surface area (Å²) in [6.07, 6.45) is 3.22. The van der Waals surface area contributed by atoms with Crippen molar-refractivity contribution in [3.8, 4) is 11.1 Å².